The molecule has 0 radical (unpaired) electrons. The van der Waals surface area contributed by atoms with Gasteiger partial charge < -0.3 is 15.2 Å². The molecule has 0 bridgehead atoms. The lowest BCUT2D eigenvalue weighted by molar-refractivity contribution is -0.146. The number of hydrogen-bond acceptors (Lipinski definition) is 6. The first-order valence-electron chi connectivity index (χ1n) is 10.3. The molecule has 2 aliphatic heterocycles. The lowest BCUT2D eigenvalue weighted by atomic mass is 9.83. The zero-order chi connectivity index (χ0) is 20.5. The van der Waals surface area contributed by atoms with E-state index in [0.29, 0.717) is 17.3 Å². The number of aliphatic hydroxyl groups excluding tert-OH is 1. The minimum atomic E-state index is -0.397. The smallest absolute Gasteiger partial charge is 0.161 e. The first kappa shape index (κ1) is 19.6. The Labute approximate surface area is 180 Å². The zero-order valence-corrected chi connectivity index (χ0v) is 17.2. The molecular formula is C23H23ClN4O2. The topological polar surface area (TPSA) is 80.2 Å². The Morgan fingerprint density at radius 3 is 2.77 bits per heavy atom. The minimum absolute atomic E-state index is 0.0108. The van der Waals surface area contributed by atoms with Crippen LogP contribution in [0.15, 0.2) is 54.9 Å². The van der Waals surface area contributed by atoms with Gasteiger partial charge in [-0.1, -0.05) is 23.7 Å². The maximum absolute atomic E-state index is 10.8. The van der Waals surface area contributed by atoms with Crippen molar-refractivity contribution in [3.05, 3.63) is 65.6 Å². The van der Waals surface area contributed by atoms with Crippen molar-refractivity contribution in [2.24, 2.45) is 5.92 Å². The summed E-state index contributed by atoms with van der Waals surface area (Å²) in [6.45, 7) is 1.68. The van der Waals surface area contributed by atoms with Gasteiger partial charge in [-0.3, -0.25) is 4.98 Å². The third-order valence-electron chi connectivity index (χ3n) is 5.90. The molecule has 2 N–H and O–H groups in total. The molecule has 0 spiro atoms. The van der Waals surface area contributed by atoms with E-state index < -0.39 is 6.10 Å². The van der Waals surface area contributed by atoms with Crippen LogP contribution < -0.4 is 5.32 Å². The van der Waals surface area contributed by atoms with Crippen LogP contribution in [0, 0.1) is 5.92 Å². The van der Waals surface area contributed by atoms with Crippen LogP contribution in [0.1, 0.15) is 24.6 Å². The van der Waals surface area contributed by atoms with E-state index in [0.717, 1.165) is 42.0 Å². The van der Waals surface area contributed by atoms with E-state index in [1.807, 2.05) is 42.5 Å². The van der Waals surface area contributed by atoms with Crippen molar-refractivity contribution in [3.8, 4) is 22.6 Å². The summed E-state index contributed by atoms with van der Waals surface area (Å²) in [6.07, 6.45) is 4.25. The van der Waals surface area contributed by atoms with Crippen molar-refractivity contribution >= 4 is 11.6 Å². The SMILES string of the molecule is OC1CC(c2cc(-c3ccc(Cl)cc3)nc(-c3cccnc3)n2)OC2CNCCC12. The molecule has 7 heteroatoms. The van der Waals surface area contributed by atoms with Crippen molar-refractivity contribution in [1.82, 2.24) is 20.3 Å². The number of aliphatic hydroxyl groups is 1. The second kappa shape index (κ2) is 8.40. The van der Waals surface area contributed by atoms with Gasteiger partial charge >= 0.3 is 0 Å². The van der Waals surface area contributed by atoms with Crippen molar-refractivity contribution < 1.29 is 9.84 Å². The normalized spacial score (nSPS) is 26.2. The molecule has 4 heterocycles. The van der Waals surface area contributed by atoms with E-state index in [1.165, 1.54) is 0 Å². The third-order valence-corrected chi connectivity index (χ3v) is 6.15. The molecule has 0 saturated carbocycles. The fraction of sp³-hybridized carbons (Fsp3) is 0.348. The molecular weight excluding hydrogens is 400 g/mol. The van der Waals surface area contributed by atoms with Crippen molar-refractivity contribution in [2.75, 3.05) is 13.1 Å². The molecule has 0 aliphatic carbocycles. The molecule has 1 aromatic carbocycles. The summed E-state index contributed by atoms with van der Waals surface area (Å²) < 4.78 is 6.40. The van der Waals surface area contributed by atoms with Gasteiger partial charge in [-0.25, -0.2) is 9.97 Å². The summed E-state index contributed by atoms with van der Waals surface area (Å²) >= 11 is 6.07. The highest BCUT2D eigenvalue weighted by Crippen LogP contribution is 2.38. The Bertz CT molecular complexity index is 1020. The van der Waals surface area contributed by atoms with Crippen LogP contribution in [0.5, 0.6) is 0 Å². The van der Waals surface area contributed by atoms with Gasteiger partial charge in [-0.2, -0.15) is 0 Å². The van der Waals surface area contributed by atoms with Crippen LogP contribution in [-0.4, -0.2) is 45.4 Å². The summed E-state index contributed by atoms with van der Waals surface area (Å²) in [6, 6.07) is 13.3. The number of fused-ring (bicyclic) bond motifs is 1. The zero-order valence-electron chi connectivity index (χ0n) is 16.4. The maximum Gasteiger partial charge on any atom is 0.161 e. The van der Waals surface area contributed by atoms with E-state index in [9.17, 15) is 5.11 Å². The summed E-state index contributed by atoms with van der Waals surface area (Å²) in [5.41, 5.74) is 3.35. The number of ether oxygens (including phenoxy) is 1. The highest BCUT2D eigenvalue weighted by molar-refractivity contribution is 6.30. The van der Waals surface area contributed by atoms with Crippen molar-refractivity contribution in [3.63, 3.8) is 0 Å². The molecule has 2 aromatic heterocycles. The molecule has 0 amide bonds. The number of halogens is 1. The third kappa shape index (κ3) is 3.96. The van der Waals surface area contributed by atoms with Gasteiger partial charge in [0, 0.05) is 47.4 Å². The van der Waals surface area contributed by atoms with Crippen LogP contribution in [0.25, 0.3) is 22.6 Å². The van der Waals surface area contributed by atoms with Crippen molar-refractivity contribution in [1.29, 1.82) is 0 Å². The average Bonchev–Trinajstić information content (AvgIpc) is 2.80. The molecule has 5 rings (SSSR count). The van der Waals surface area contributed by atoms with Crippen LogP contribution in [0.2, 0.25) is 5.02 Å². The Morgan fingerprint density at radius 2 is 1.97 bits per heavy atom. The molecule has 4 atom stereocenters. The van der Waals surface area contributed by atoms with Crippen LogP contribution >= 0.6 is 11.6 Å². The van der Waals surface area contributed by atoms with Crippen molar-refractivity contribution in [2.45, 2.75) is 31.2 Å². The highest BCUT2D eigenvalue weighted by atomic mass is 35.5. The number of piperidine rings is 1. The van der Waals surface area contributed by atoms with Gasteiger partial charge in [0.1, 0.15) is 6.10 Å². The first-order chi connectivity index (χ1) is 14.7. The van der Waals surface area contributed by atoms with Gasteiger partial charge in [0.05, 0.1) is 23.6 Å². The largest absolute Gasteiger partial charge is 0.393 e. The number of benzene rings is 1. The van der Waals surface area contributed by atoms with Gasteiger partial charge in [-0.05, 0) is 43.3 Å². The predicted octanol–water partition coefficient (Wildman–Crippen LogP) is 3.66. The lowest BCUT2D eigenvalue weighted by Crippen LogP contribution is -2.51. The maximum atomic E-state index is 10.8. The molecule has 4 unspecified atom stereocenters. The summed E-state index contributed by atoms with van der Waals surface area (Å²) in [5.74, 6) is 0.769. The molecule has 3 aromatic rings. The number of rotatable bonds is 3. The van der Waals surface area contributed by atoms with E-state index in [1.54, 1.807) is 12.4 Å². The number of nitrogens with zero attached hydrogens (tertiary/aromatic N) is 3. The van der Waals surface area contributed by atoms with Gasteiger partial charge in [-0.15, -0.1) is 0 Å². The van der Waals surface area contributed by atoms with Crippen LogP contribution in [-0.2, 0) is 4.74 Å². The first-order valence-corrected chi connectivity index (χ1v) is 10.6. The lowest BCUT2D eigenvalue weighted by Gasteiger charge is -2.42. The monoisotopic (exact) mass is 422 g/mol. The Morgan fingerprint density at radius 1 is 1.10 bits per heavy atom. The predicted molar refractivity (Wildman–Crippen MR) is 115 cm³/mol. The second-order valence-corrected chi connectivity index (χ2v) is 8.31. The molecule has 30 heavy (non-hydrogen) atoms. The number of nitrogens with one attached hydrogen (secondary N) is 1. The van der Waals surface area contributed by atoms with Gasteiger partial charge in [0.15, 0.2) is 5.82 Å². The second-order valence-electron chi connectivity index (χ2n) is 7.87. The Hall–Kier alpha value is -2.38. The summed E-state index contributed by atoms with van der Waals surface area (Å²) in [7, 11) is 0. The van der Waals surface area contributed by atoms with Crippen LogP contribution in [0.3, 0.4) is 0 Å². The quantitative estimate of drug-likeness (QED) is 0.670. The number of aromatic nitrogens is 3. The van der Waals surface area contributed by atoms with Crippen LogP contribution in [0.4, 0.5) is 0 Å². The van der Waals surface area contributed by atoms with E-state index in [4.69, 9.17) is 26.3 Å². The fourth-order valence-electron chi connectivity index (χ4n) is 4.31. The average molecular weight is 423 g/mol. The van der Waals surface area contributed by atoms with E-state index in [2.05, 4.69) is 10.3 Å². The standard InChI is InChI=1S/C23H23ClN4O2/c24-16-5-3-14(4-6-16)18-10-19(28-23(27-18)15-2-1-8-25-12-15)21-11-20(29)17-7-9-26-13-22(17)30-21/h1-6,8,10,12,17,20-22,26,29H,7,9,11,13H2. The minimum Gasteiger partial charge on any atom is -0.393 e. The summed E-state index contributed by atoms with van der Waals surface area (Å²) in [4.78, 5) is 13.8. The van der Waals surface area contributed by atoms with Gasteiger partial charge in [0.2, 0.25) is 0 Å². The number of hydrogen-bond donors (Lipinski definition) is 2. The molecule has 2 fully saturated rings. The Kier molecular flexibility index (Phi) is 5.48. The van der Waals surface area contributed by atoms with E-state index in [-0.39, 0.29) is 18.1 Å². The molecule has 2 aliphatic rings. The Balaban J connectivity index is 1.55. The molecule has 2 saturated heterocycles. The summed E-state index contributed by atoms with van der Waals surface area (Å²) in [5, 5.41) is 14.8. The van der Waals surface area contributed by atoms with Gasteiger partial charge in [0.25, 0.3) is 0 Å². The fourth-order valence-corrected chi connectivity index (χ4v) is 4.44. The molecule has 154 valence electrons. The van der Waals surface area contributed by atoms with E-state index >= 15 is 0 Å². The number of pyridine rings is 1. The highest BCUT2D eigenvalue weighted by Gasteiger charge is 2.40. The molecule has 6 nitrogen and oxygen atoms in total.